The minimum Gasteiger partial charge on any atom is -0.326 e. The monoisotopic (exact) mass is 242 g/mol. The Morgan fingerprint density at radius 2 is 2.08 bits per heavy atom. The lowest BCUT2D eigenvalue weighted by atomic mass is 10.1. The van der Waals surface area contributed by atoms with Crippen LogP contribution < -0.4 is 5.73 Å². The van der Waals surface area contributed by atoms with Crippen molar-refractivity contribution >= 4 is 36.2 Å². The van der Waals surface area contributed by atoms with E-state index in [-0.39, 0.29) is 24.8 Å². The number of aromatic nitrogens is 1. The summed E-state index contributed by atoms with van der Waals surface area (Å²) in [7, 11) is 0. The van der Waals surface area contributed by atoms with Gasteiger partial charge in [0.15, 0.2) is 0 Å². The van der Waals surface area contributed by atoms with Gasteiger partial charge >= 0.3 is 0 Å². The highest BCUT2D eigenvalue weighted by Crippen LogP contribution is 2.15. The Balaban J connectivity index is 0. The van der Waals surface area contributed by atoms with Gasteiger partial charge in [-0.3, -0.25) is 0 Å². The van der Waals surface area contributed by atoms with Gasteiger partial charge in [0, 0.05) is 24.0 Å². The number of rotatable bonds is 3. The van der Waals surface area contributed by atoms with Gasteiger partial charge < -0.3 is 5.73 Å². The molecule has 0 aliphatic carbocycles. The predicted octanol–water partition coefficient (Wildman–Crippen LogP) is 2.64. The van der Waals surface area contributed by atoms with Crippen molar-refractivity contribution in [2.45, 2.75) is 26.8 Å². The van der Waals surface area contributed by atoms with Gasteiger partial charge in [0.2, 0.25) is 0 Å². The smallest absolute Gasteiger partial charge is 0.0930 e. The van der Waals surface area contributed by atoms with Crippen molar-refractivity contribution in [1.82, 2.24) is 4.98 Å². The molecule has 2 N–H and O–H groups in total. The van der Waals surface area contributed by atoms with Crippen LogP contribution in [-0.4, -0.2) is 4.98 Å². The molecule has 0 unspecified atom stereocenters. The number of thiazole rings is 1. The first-order valence-electron chi connectivity index (χ1n) is 3.86. The van der Waals surface area contributed by atoms with Crippen molar-refractivity contribution in [3.05, 3.63) is 16.1 Å². The fourth-order valence-corrected chi connectivity index (χ4v) is 1.90. The number of nitrogens with two attached hydrogens (primary N) is 1. The molecule has 0 fully saturated rings. The molecule has 0 aromatic carbocycles. The average molecular weight is 243 g/mol. The fraction of sp³-hybridized carbons (Fsp3) is 0.625. The third-order valence-corrected chi connectivity index (χ3v) is 2.43. The van der Waals surface area contributed by atoms with Crippen molar-refractivity contribution in [1.29, 1.82) is 0 Å². The quantitative estimate of drug-likeness (QED) is 0.886. The Morgan fingerprint density at radius 3 is 2.46 bits per heavy atom. The van der Waals surface area contributed by atoms with Crippen LogP contribution >= 0.6 is 36.2 Å². The number of nitrogens with zero attached hydrogens (tertiary/aromatic N) is 1. The van der Waals surface area contributed by atoms with Crippen LogP contribution in [0.2, 0.25) is 0 Å². The molecule has 0 radical (unpaired) electrons. The van der Waals surface area contributed by atoms with Gasteiger partial charge in [0.25, 0.3) is 0 Å². The Bertz CT molecular complexity index is 226. The third-order valence-electron chi connectivity index (χ3n) is 1.39. The molecule has 2 nitrogen and oxygen atoms in total. The van der Waals surface area contributed by atoms with Crippen LogP contribution in [0.4, 0.5) is 0 Å². The highest BCUT2D eigenvalue weighted by molar-refractivity contribution is 7.11. The molecular weight excluding hydrogens is 227 g/mol. The van der Waals surface area contributed by atoms with E-state index in [1.165, 1.54) is 9.88 Å². The molecule has 5 heteroatoms. The molecule has 0 bridgehead atoms. The Hall–Kier alpha value is 0.170. The molecule has 1 aromatic heterocycles. The van der Waals surface area contributed by atoms with E-state index < -0.39 is 0 Å². The second-order valence-corrected chi connectivity index (χ2v) is 4.22. The molecule has 1 heterocycles. The molecule has 0 aliphatic heterocycles. The van der Waals surface area contributed by atoms with Crippen LogP contribution in [0.5, 0.6) is 0 Å². The molecule has 1 rings (SSSR count). The highest BCUT2D eigenvalue weighted by Gasteiger charge is 2.02. The van der Waals surface area contributed by atoms with E-state index in [9.17, 15) is 0 Å². The highest BCUT2D eigenvalue weighted by atomic mass is 35.5. The van der Waals surface area contributed by atoms with Crippen LogP contribution in [0, 0.1) is 5.92 Å². The number of hydrogen-bond acceptors (Lipinski definition) is 3. The average Bonchev–Trinajstić information content (AvgIpc) is 2.34. The van der Waals surface area contributed by atoms with E-state index in [1.54, 1.807) is 11.3 Å². The second kappa shape index (κ2) is 7.56. The van der Waals surface area contributed by atoms with E-state index in [0.29, 0.717) is 12.5 Å². The van der Waals surface area contributed by atoms with Crippen LogP contribution in [0.25, 0.3) is 0 Å². The van der Waals surface area contributed by atoms with Gasteiger partial charge in [-0.05, 0) is 5.92 Å². The summed E-state index contributed by atoms with van der Waals surface area (Å²) in [4.78, 5) is 5.45. The van der Waals surface area contributed by atoms with Crippen molar-refractivity contribution in [3.63, 3.8) is 0 Å². The lowest BCUT2D eigenvalue weighted by Gasteiger charge is -1.97. The van der Waals surface area contributed by atoms with E-state index in [1.807, 2.05) is 6.20 Å². The van der Waals surface area contributed by atoms with Crippen molar-refractivity contribution in [2.24, 2.45) is 11.7 Å². The maximum absolute atomic E-state index is 5.46. The topological polar surface area (TPSA) is 38.9 Å². The minimum atomic E-state index is 0. The first-order valence-corrected chi connectivity index (χ1v) is 4.67. The molecule has 0 saturated carbocycles. The van der Waals surface area contributed by atoms with Crippen LogP contribution in [-0.2, 0) is 13.0 Å². The van der Waals surface area contributed by atoms with Crippen LogP contribution in [0.3, 0.4) is 0 Å². The van der Waals surface area contributed by atoms with Crippen LogP contribution in [0.1, 0.15) is 23.7 Å². The molecule has 1 aromatic rings. The molecule has 0 amide bonds. The van der Waals surface area contributed by atoms with E-state index >= 15 is 0 Å². The maximum atomic E-state index is 5.46. The van der Waals surface area contributed by atoms with Crippen molar-refractivity contribution < 1.29 is 0 Å². The largest absolute Gasteiger partial charge is 0.326 e. The summed E-state index contributed by atoms with van der Waals surface area (Å²) in [6.45, 7) is 5.02. The molecule has 0 spiro atoms. The summed E-state index contributed by atoms with van der Waals surface area (Å²) < 4.78 is 0. The molecular formula is C8H16Cl2N2S. The Kier molecular flexibility index (Phi) is 9.09. The molecule has 0 saturated heterocycles. The Labute approximate surface area is 95.8 Å². The molecule has 0 aliphatic rings. The summed E-state index contributed by atoms with van der Waals surface area (Å²) in [6, 6.07) is 0. The SMILES string of the molecule is CC(C)Cc1ncc(CN)s1.Cl.Cl. The van der Waals surface area contributed by atoms with Crippen molar-refractivity contribution in [2.75, 3.05) is 0 Å². The maximum Gasteiger partial charge on any atom is 0.0930 e. The summed E-state index contributed by atoms with van der Waals surface area (Å²) >= 11 is 1.73. The second-order valence-electron chi connectivity index (χ2n) is 3.02. The number of hydrogen-bond donors (Lipinski definition) is 1. The first kappa shape index (κ1) is 15.6. The number of halogens is 2. The van der Waals surface area contributed by atoms with Gasteiger partial charge in [-0.15, -0.1) is 36.2 Å². The molecule has 0 atom stereocenters. The standard InChI is InChI=1S/C8H14N2S.2ClH/c1-6(2)3-8-10-5-7(4-9)11-8;;/h5-6H,3-4,9H2,1-2H3;2*1H. The lowest BCUT2D eigenvalue weighted by Crippen LogP contribution is -1.92. The van der Waals surface area contributed by atoms with Gasteiger partial charge in [-0.2, -0.15) is 0 Å². The summed E-state index contributed by atoms with van der Waals surface area (Å²) in [5.74, 6) is 0.687. The van der Waals surface area contributed by atoms with Crippen molar-refractivity contribution in [3.8, 4) is 0 Å². The van der Waals surface area contributed by atoms with Gasteiger partial charge in [-0.1, -0.05) is 13.8 Å². The summed E-state index contributed by atoms with van der Waals surface area (Å²) in [5.41, 5.74) is 5.46. The zero-order valence-electron chi connectivity index (χ0n) is 7.82. The van der Waals surface area contributed by atoms with Gasteiger partial charge in [0.1, 0.15) is 0 Å². The Morgan fingerprint density at radius 1 is 1.46 bits per heavy atom. The normalized spacial score (nSPS) is 9.23. The van der Waals surface area contributed by atoms with E-state index in [4.69, 9.17) is 5.73 Å². The third kappa shape index (κ3) is 5.47. The van der Waals surface area contributed by atoms with Gasteiger partial charge in [0.05, 0.1) is 5.01 Å². The molecule has 78 valence electrons. The van der Waals surface area contributed by atoms with Gasteiger partial charge in [-0.25, -0.2) is 4.98 Å². The first-order chi connectivity index (χ1) is 5.22. The fourth-order valence-electron chi connectivity index (χ4n) is 0.886. The minimum absolute atomic E-state index is 0. The van der Waals surface area contributed by atoms with E-state index in [0.717, 1.165) is 6.42 Å². The van der Waals surface area contributed by atoms with E-state index in [2.05, 4.69) is 18.8 Å². The molecule has 13 heavy (non-hydrogen) atoms. The lowest BCUT2D eigenvalue weighted by molar-refractivity contribution is 0.644. The predicted molar refractivity (Wildman–Crippen MR) is 63.0 cm³/mol. The zero-order valence-corrected chi connectivity index (χ0v) is 10.3. The van der Waals surface area contributed by atoms with Crippen LogP contribution in [0.15, 0.2) is 6.20 Å². The summed E-state index contributed by atoms with van der Waals surface area (Å²) in [6.07, 6.45) is 2.95. The summed E-state index contributed by atoms with van der Waals surface area (Å²) in [5, 5.41) is 1.21. The zero-order chi connectivity index (χ0) is 8.27.